The van der Waals surface area contributed by atoms with Crippen molar-refractivity contribution in [2.24, 2.45) is 0 Å². The average molecular weight is 261 g/mol. The molecule has 0 bridgehead atoms. The van der Waals surface area contributed by atoms with Gasteiger partial charge in [0.15, 0.2) is 5.11 Å². The van der Waals surface area contributed by atoms with Crippen LogP contribution in [0.15, 0.2) is 24.3 Å². The number of thiocarbonyl (C=S) groups is 1. The van der Waals surface area contributed by atoms with Crippen molar-refractivity contribution in [2.75, 3.05) is 11.9 Å². The number of benzene rings is 1. The molecule has 4 heteroatoms. The summed E-state index contributed by atoms with van der Waals surface area (Å²) in [7, 11) is 0. The Morgan fingerprint density at radius 1 is 1.22 bits per heavy atom. The molecule has 1 rings (SSSR count). The van der Waals surface area contributed by atoms with Crippen molar-refractivity contribution in [2.45, 2.75) is 32.6 Å². The van der Waals surface area contributed by atoms with Gasteiger partial charge in [0.1, 0.15) is 0 Å². The lowest BCUT2D eigenvalue weighted by Gasteiger charge is -2.10. The Bertz CT molecular complexity index is 406. The summed E-state index contributed by atoms with van der Waals surface area (Å²) in [6.07, 6.45) is 4.90. The Morgan fingerprint density at radius 3 is 2.56 bits per heavy atom. The van der Waals surface area contributed by atoms with Gasteiger partial charge in [-0.25, -0.2) is 0 Å². The maximum Gasteiger partial charge on any atom is 0.170 e. The fourth-order valence-corrected chi connectivity index (χ4v) is 1.78. The van der Waals surface area contributed by atoms with E-state index in [1.54, 1.807) is 12.1 Å². The standard InChI is InChI=1S/C14H19N3S/c1-2-3-4-5-10-16-14(18)17-13-8-6-12(11-15)7-9-13/h6-9H,2-5,10H2,1H3,(H2,16,17,18). The summed E-state index contributed by atoms with van der Waals surface area (Å²) < 4.78 is 0. The number of rotatable bonds is 6. The predicted octanol–water partition coefficient (Wildman–Crippen LogP) is 3.42. The zero-order valence-electron chi connectivity index (χ0n) is 10.7. The second-order valence-corrected chi connectivity index (χ2v) is 4.54. The number of unbranched alkanes of at least 4 members (excludes halogenated alkanes) is 3. The summed E-state index contributed by atoms with van der Waals surface area (Å²) in [6.45, 7) is 3.10. The van der Waals surface area contributed by atoms with E-state index in [1.165, 1.54) is 19.3 Å². The number of hydrogen-bond acceptors (Lipinski definition) is 2. The third-order valence-corrected chi connectivity index (χ3v) is 2.83. The van der Waals surface area contributed by atoms with E-state index in [1.807, 2.05) is 12.1 Å². The highest BCUT2D eigenvalue weighted by Gasteiger charge is 1.97. The summed E-state index contributed by atoms with van der Waals surface area (Å²) >= 11 is 5.19. The van der Waals surface area contributed by atoms with Gasteiger partial charge < -0.3 is 10.6 Å². The number of anilines is 1. The van der Waals surface area contributed by atoms with Gasteiger partial charge >= 0.3 is 0 Å². The summed E-state index contributed by atoms with van der Waals surface area (Å²) in [6, 6.07) is 9.33. The summed E-state index contributed by atoms with van der Waals surface area (Å²) in [5.41, 5.74) is 1.55. The molecule has 3 nitrogen and oxygen atoms in total. The molecule has 0 radical (unpaired) electrons. The van der Waals surface area contributed by atoms with Gasteiger partial charge in [0, 0.05) is 12.2 Å². The molecule has 1 aromatic rings. The fraction of sp³-hybridized carbons (Fsp3) is 0.429. The van der Waals surface area contributed by atoms with Crippen LogP contribution < -0.4 is 10.6 Å². The van der Waals surface area contributed by atoms with Crippen LogP contribution in [0.4, 0.5) is 5.69 Å². The van der Waals surface area contributed by atoms with Gasteiger partial charge in [0.05, 0.1) is 11.6 Å². The molecule has 0 aliphatic heterocycles. The lowest BCUT2D eigenvalue weighted by molar-refractivity contribution is 0.655. The van der Waals surface area contributed by atoms with Crippen LogP contribution in [0.2, 0.25) is 0 Å². The van der Waals surface area contributed by atoms with Crippen molar-refractivity contribution in [3.8, 4) is 6.07 Å². The Hall–Kier alpha value is -1.60. The van der Waals surface area contributed by atoms with E-state index in [4.69, 9.17) is 17.5 Å². The molecule has 0 unspecified atom stereocenters. The van der Waals surface area contributed by atoms with Gasteiger partial charge in [-0.3, -0.25) is 0 Å². The van der Waals surface area contributed by atoms with Gasteiger partial charge in [-0.05, 0) is 42.9 Å². The molecule has 0 saturated heterocycles. The molecule has 0 amide bonds. The molecule has 18 heavy (non-hydrogen) atoms. The van der Waals surface area contributed by atoms with Crippen molar-refractivity contribution in [3.63, 3.8) is 0 Å². The van der Waals surface area contributed by atoms with Gasteiger partial charge in [-0.2, -0.15) is 5.26 Å². The fourth-order valence-electron chi connectivity index (χ4n) is 1.56. The number of nitrogens with one attached hydrogen (secondary N) is 2. The van der Waals surface area contributed by atoms with Crippen LogP contribution in [0.3, 0.4) is 0 Å². The molecular weight excluding hydrogens is 242 g/mol. The summed E-state index contributed by atoms with van der Waals surface area (Å²) in [4.78, 5) is 0. The van der Waals surface area contributed by atoms with Crippen molar-refractivity contribution >= 4 is 23.0 Å². The van der Waals surface area contributed by atoms with Crippen LogP contribution in [-0.4, -0.2) is 11.7 Å². The minimum absolute atomic E-state index is 0.635. The first kappa shape index (κ1) is 14.5. The van der Waals surface area contributed by atoms with E-state index >= 15 is 0 Å². The SMILES string of the molecule is CCCCCCNC(=S)Nc1ccc(C#N)cc1. The predicted molar refractivity (Wildman–Crippen MR) is 79.5 cm³/mol. The minimum atomic E-state index is 0.635. The summed E-state index contributed by atoms with van der Waals surface area (Å²) in [5, 5.41) is 15.6. The largest absolute Gasteiger partial charge is 0.362 e. The Morgan fingerprint density at radius 2 is 1.94 bits per heavy atom. The molecule has 0 fully saturated rings. The van der Waals surface area contributed by atoms with Crippen molar-refractivity contribution in [1.29, 1.82) is 5.26 Å². The zero-order chi connectivity index (χ0) is 13.2. The van der Waals surface area contributed by atoms with Crippen LogP contribution >= 0.6 is 12.2 Å². The maximum atomic E-state index is 8.69. The molecule has 2 N–H and O–H groups in total. The second kappa shape index (κ2) is 8.48. The van der Waals surface area contributed by atoms with Crippen molar-refractivity contribution in [3.05, 3.63) is 29.8 Å². The molecule has 0 aliphatic carbocycles. The van der Waals surface area contributed by atoms with Gasteiger partial charge in [0.2, 0.25) is 0 Å². The third kappa shape index (κ3) is 5.65. The maximum absolute atomic E-state index is 8.69. The Kier molecular flexibility index (Phi) is 6.82. The average Bonchev–Trinajstić information content (AvgIpc) is 2.39. The molecule has 0 saturated carbocycles. The first-order valence-corrected chi connectivity index (χ1v) is 6.72. The van der Waals surface area contributed by atoms with Crippen LogP contribution in [0.1, 0.15) is 38.2 Å². The molecule has 1 aromatic carbocycles. The molecule has 0 atom stereocenters. The van der Waals surface area contributed by atoms with Gasteiger partial charge in [-0.15, -0.1) is 0 Å². The highest BCUT2D eigenvalue weighted by atomic mass is 32.1. The first-order chi connectivity index (χ1) is 8.76. The molecular formula is C14H19N3S. The Balaban J connectivity index is 2.25. The van der Waals surface area contributed by atoms with Crippen molar-refractivity contribution in [1.82, 2.24) is 5.32 Å². The molecule has 0 aromatic heterocycles. The number of hydrogen-bond donors (Lipinski definition) is 2. The van der Waals surface area contributed by atoms with E-state index in [9.17, 15) is 0 Å². The second-order valence-electron chi connectivity index (χ2n) is 4.13. The monoisotopic (exact) mass is 261 g/mol. The van der Waals surface area contributed by atoms with E-state index in [-0.39, 0.29) is 0 Å². The van der Waals surface area contributed by atoms with E-state index < -0.39 is 0 Å². The minimum Gasteiger partial charge on any atom is -0.362 e. The lowest BCUT2D eigenvalue weighted by Crippen LogP contribution is -2.29. The smallest absolute Gasteiger partial charge is 0.170 e. The van der Waals surface area contributed by atoms with Crippen LogP contribution in [-0.2, 0) is 0 Å². The quantitative estimate of drug-likeness (QED) is 0.608. The highest BCUT2D eigenvalue weighted by molar-refractivity contribution is 7.80. The summed E-state index contributed by atoms with van der Waals surface area (Å²) in [5.74, 6) is 0. The highest BCUT2D eigenvalue weighted by Crippen LogP contribution is 2.08. The lowest BCUT2D eigenvalue weighted by atomic mass is 10.2. The van der Waals surface area contributed by atoms with Crippen LogP contribution in [0.25, 0.3) is 0 Å². The number of nitrogens with zero attached hydrogens (tertiary/aromatic N) is 1. The van der Waals surface area contributed by atoms with Gasteiger partial charge in [0.25, 0.3) is 0 Å². The molecule has 0 heterocycles. The molecule has 96 valence electrons. The normalized spacial score (nSPS) is 9.56. The van der Waals surface area contributed by atoms with E-state index in [0.717, 1.165) is 18.7 Å². The molecule has 0 spiro atoms. The van der Waals surface area contributed by atoms with Gasteiger partial charge in [-0.1, -0.05) is 26.2 Å². The number of nitriles is 1. The van der Waals surface area contributed by atoms with E-state index in [2.05, 4.69) is 23.6 Å². The van der Waals surface area contributed by atoms with E-state index in [0.29, 0.717) is 10.7 Å². The van der Waals surface area contributed by atoms with Crippen molar-refractivity contribution < 1.29 is 0 Å². The first-order valence-electron chi connectivity index (χ1n) is 6.31. The van der Waals surface area contributed by atoms with Crippen LogP contribution in [0, 0.1) is 11.3 Å². The molecule has 0 aliphatic rings. The zero-order valence-corrected chi connectivity index (χ0v) is 11.5. The van der Waals surface area contributed by atoms with Crippen LogP contribution in [0.5, 0.6) is 0 Å². The third-order valence-electron chi connectivity index (χ3n) is 2.59. The Labute approximate surface area is 114 Å². The topological polar surface area (TPSA) is 47.8 Å².